The van der Waals surface area contributed by atoms with Gasteiger partial charge in [0, 0.05) is 17.7 Å². The lowest BCUT2D eigenvalue weighted by molar-refractivity contribution is -0.148. The van der Waals surface area contributed by atoms with Crippen LogP contribution in [0.25, 0.3) is 0 Å². The molecule has 25 heavy (non-hydrogen) atoms. The van der Waals surface area contributed by atoms with Crippen molar-refractivity contribution in [2.45, 2.75) is 38.8 Å². The molecule has 0 spiro atoms. The number of sulfone groups is 1. The molecule has 1 aliphatic heterocycles. The number of amides is 1. The molecule has 0 bridgehead atoms. The first-order chi connectivity index (χ1) is 11.7. The first-order valence-corrected chi connectivity index (χ1v) is 9.91. The zero-order chi connectivity index (χ0) is 18.4. The second kappa shape index (κ2) is 8.29. The molecule has 0 fully saturated rings. The van der Waals surface area contributed by atoms with Crippen molar-refractivity contribution in [1.29, 1.82) is 0 Å². The molecular formula is C18H23NO5S. The fourth-order valence-corrected chi connectivity index (χ4v) is 4.07. The average Bonchev–Trinajstić information content (AvgIpc) is 2.85. The Bertz CT molecular complexity index is 740. The highest BCUT2D eigenvalue weighted by molar-refractivity contribution is 7.94. The fourth-order valence-electron chi connectivity index (χ4n) is 2.67. The van der Waals surface area contributed by atoms with Gasteiger partial charge in [-0.25, -0.2) is 8.42 Å². The van der Waals surface area contributed by atoms with Crippen molar-refractivity contribution in [1.82, 2.24) is 5.32 Å². The topological polar surface area (TPSA) is 89.5 Å². The highest BCUT2D eigenvalue weighted by Gasteiger charge is 2.26. The van der Waals surface area contributed by atoms with Crippen LogP contribution in [-0.4, -0.2) is 32.2 Å². The molecule has 0 aromatic heterocycles. The summed E-state index contributed by atoms with van der Waals surface area (Å²) in [5.41, 5.74) is 0.797. The molecule has 6 nitrogen and oxygen atoms in total. The van der Waals surface area contributed by atoms with Crippen LogP contribution >= 0.6 is 0 Å². The van der Waals surface area contributed by atoms with E-state index in [1.54, 1.807) is 19.9 Å². The maximum Gasteiger partial charge on any atom is 0.308 e. The molecule has 2 unspecified atom stereocenters. The van der Waals surface area contributed by atoms with Gasteiger partial charge < -0.3 is 10.1 Å². The highest BCUT2D eigenvalue weighted by Crippen LogP contribution is 2.21. The highest BCUT2D eigenvalue weighted by atomic mass is 32.2. The third-order valence-corrected chi connectivity index (χ3v) is 5.19. The molecule has 0 aliphatic carbocycles. The zero-order valence-corrected chi connectivity index (χ0v) is 15.2. The summed E-state index contributed by atoms with van der Waals surface area (Å²) in [5, 5.41) is 3.98. The van der Waals surface area contributed by atoms with Gasteiger partial charge in [-0.05, 0) is 19.4 Å². The van der Waals surface area contributed by atoms with E-state index in [0.29, 0.717) is 0 Å². The van der Waals surface area contributed by atoms with Crippen molar-refractivity contribution in [3.8, 4) is 0 Å². The van der Waals surface area contributed by atoms with E-state index in [-0.39, 0.29) is 36.5 Å². The van der Waals surface area contributed by atoms with E-state index in [9.17, 15) is 18.0 Å². The number of esters is 1. The van der Waals surface area contributed by atoms with E-state index in [2.05, 4.69) is 5.32 Å². The molecule has 0 radical (unpaired) electrons. The molecule has 0 saturated heterocycles. The van der Waals surface area contributed by atoms with Crippen LogP contribution in [0, 0.1) is 5.92 Å². The molecule has 1 N–H and O–H groups in total. The number of rotatable bonds is 7. The Labute approximate surface area is 148 Å². The predicted molar refractivity (Wildman–Crippen MR) is 94.2 cm³/mol. The van der Waals surface area contributed by atoms with Crippen LogP contribution in [0.5, 0.6) is 0 Å². The van der Waals surface area contributed by atoms with Crippen molar-refractivity contribution in [3.63, 3.8) is 0 Å². The van der Waals surface area contributed by atoms with E-state index in [1.165, 1.54) is 0 Å². The Kier molecular flexibility index (Phi) is 6.36. The van der Waals surface area contributed by atoms with Crippen LogP contribution in [0.4, 0.5) is 0 Å². The van der Waals surface area contributed by atoms with Crippen molar-refractivity contribution >= 4 is 21.7 Å². The Hall–Kier alpha value is -2.15. The summed E-state index contributed by atoms with van der Waals surface area (Å²) >= 11 is 0. The molecular weight excluding hydrogens is 342 g/mol. The van der Waals surface area contributed by atoms with Crippen LogP contribution in [0.1, 0.15) is 38.3 Å². The van der Waals surface area contributed by atoms with Crippen molar-refractivity contribution in [2.75, 3.05) is 5.75 Å². The lowest BCUT2D eigenvalue weighted by Crippen LogP contribution is -2.32. The van der Waals surface area contributed by atoms with E-state index < -0.39 is 21.8 Å². The summed E-state index contributed by atoms with van der Waals surface area (Å²) in [7, 11) is -3.19. The van der Waals surface area contributed by atoms with Crippen molar-refractivity contribution in [2.24, 2.45) is 5.92 Å². The number of hydrogen-bond acceptors (Lipinski definition) is 5. The van der Waals surface area contributed by atoms with Gasteiger partial charge in [0.05, 0.1) is 24.3 Å². The minimum absolute atomic E-state index is 0.0206. The summed E-state index contributed by atoms with van der Waals surface area (Å²) in [6.07, 6.45) is 1.40. The third kappa shape index (κ3) is 6.34. The van der Waals surface area contributed by atoms with Crippen LogP contribution in [-0.2, 0) is 24.2 Å². The number of carbonyl (C=O) groups excluding carboxylic acids is 2. The Balaban J connectivity index is 2.01. The van der Waals surface area contributed by atoms with Crippen LogP contribution in [0.15, 0.2) is 41.8 Å². The first-order valence-electron chi connectivity index (χ1n) is 8.20. The molecule has 136 valence electrons. The van der Waals surface area contributed by atoms with Gasteiger partial charge in [0.25, 0.3) is 0 Å². The standard InChI is InChI=1S/C18H23NO5S/c1-13(2)24-18(21)11-16(15-6-4-3-5-7-15)19-17(20)10-14-8-9-25(22,23)12-14/h3-9,13-14,16H,10-12H2,1-2H3,(H,19,20). The summed E-state index contributed by atoms with van der Waals surface area (Å²) in [6.45, 7) is 3.53. The van der Waals surface area contributed by atoms with E-state index >= 15 is 0 Å². The summed E-state index contributed by atoms with van der Waals surface area (Å²) < 4.78 is 28.0. The number of carbonyl (C=O) groups is 2. The number of ether oxygens (including phenoxy) is 1. The maximum atomic E-state index is 12.3. The lowest BCUT2D eigenvalue weighted by atomic mass is 10.0. The van der Waals surface area contributed by atoms with Crippen LogP contribution in [0.3, 0.4) is 0 Å². The quantitative estimate of drug-likeness (QED) is 0.748. The summed E-state index contributed by atoms with van der Waals surface area (Å²) in [6, 6.07) is 8.65. The van der Waals surface area contributed by atoms with Crippen molar-refractivity contribution in [3.05, 3.63) is 47.4 Å². The molecule has 1 aliphatic rings. The molecule has 2 atom stereocenters. The minimum Gasteiger partial charge on any atom is -0.463 e. The Morgan fingerprint density at radius 3 is 2.48 bits per heavy atom. The van der Waals surface area contributed by atoms with Gasteiger partial charge in [0.2, 0.25) is 5.91 Å². The molecule has 1 aromatic rings. The van der Waals surface area contributed by atoms with Crippen LogP contribution in [0.2, 0.25) is 0 Å². The predicted octanol–water partition coefficient (Wildman–Crippen LogP) is 2.13. The van der Waals surface area contributed by atoms with Gasteiger partial charge in [-0.2, -0.15) is 0 Å². The second-order valence-electron chi connectivity index (χ2n) is 6.40. The summed E-state index contributed by atoms with van der Waals surface area (Å²) in [5.74, 6) is -1.07. The van der Waals surface area contributed by atoms with Gasteiger partial charge in [0.1, 0.15) is 0 Å². The SMILES string of the molecule is CC(C)OC(=O)CC(NC(=O)CC1C=CS(=O)(=O)C1)c1ccccc1. The molecule has 0 saturated carbocycles. The van der Waals surface area contributed by atoms with E-state index in [0.717, 1.165) is 11.0 Å². The normalized spacial score (nSPS) is 19.6. The van der Waals surface area contributed by atoms with E-state index in [1.807, 2.05) is 30.3 Å². The molecule has 2 rings (SSSR count). The Morgan fingerprint density at radius 1 is 1.24 bits per heavy atom. The van der Waals surface area contributed by atoms with Crippen molar-refractivity contribution < 1.29 is 22.7 Å². The smallest absolute Gasteiger partial charge is 0.308 e. The minimum atomic E-state index is -3.19. The fraction of sp³-hybridized carbons (Fsp3) is 0.444. The number of benzene rings is 1. The molecule has 1 aromatic carbocycles. The number of allylic oxidation sites excluding steroid dienone is 1. The van der Waals surface area contributed by atoms with Gasteiger partial charge in [-0.15, -0.1) is 0 Å². The molecule has 7 heteroatoms. The Morgan fingerprint density at radius 2 is 1.92 bits per heavy atom. The van der Waals surface area contributed by atoms with Gasteiger partial charge >= 0.3 is 5.97 Å². The van der Waals surface area contributed by atoms with Gasteiger partial charge in [-0.1, -0.05) is 36.4 Å². The van der Waals surface area contributed by atoms with Gasteiger partial charge in [0.15, 0.2) is 9.84 Å². The lowest BCUT2D eigenvalue weighted by Gasteiger charge is -2.20. The second-order valence-corrected chi connectivity index (χ2v) is 8.33. The third-order valence-electron chi connectivity index (χ3n) is 3.73. The zero-order valence-electron chi connectivity index (χ0n) is 14.3. The first kappa shape index (κ1) is 19.2. The van der Waals surface area contributed by atoms with Gasteiger partial charge in [-0.3, -0.25) is 9.59 Å². The largest absolute Gasteiger partial charge is 0.463 e. The average molecular weight is 365 g/mol. The van der Waals surface area contributed by atoms with Crippen LogP contribution < -0.4 is 5.32 Å². The summed E-state index contributed by atoms with van der Waals surface area (Å²) in [4.78, 5) is 24.3. The number of hydrogen-bond donors (Lipinski definition) is 1. The maximum absolute atomic E-state index is 12.3. The molecule has 1 heterocycles. The number of nitrogens with one attached hydrogen (secondary N) is 1. The van der Waals surface area contributed by atoms with E-state index in [4.69, 9.17) is 4.74 Å². The monoisotopic (exact) mass is 365 g/mol. The molecule has 1 amide bonds.